The summed E-state index contributed by atoms with van der Waals surface area (Å²) in [5, 5.41) is 3.19. The normalized spacial score (nSPS) is 16.8. The topological polar surface area (TPSA) is 55.4 Å². The Bertz CT molecular complexity index is 612. The molecule has 0 amide bonds. The maximum atomic E-state index is 13.0. The molecule has 0 aliphatic heterocycles. The fourth-order valence-corrected chi connectivity index (χ4v) is 3.55. The number of ketones is 1. The van der Waals surface area contributed by atoms with E-state index in [2.05, 4.69) is 12.2 Å². The smallest absolute Gasteiger partial charge is 0.336 e. The highest BCUT2D eigenvalue weighted by atomic mass is 16.6. The van der Waals surface area contributed by atoms with E-state index in [9.17, 15) is 9.59 Å². The van der Waals surface area contributed by atoms with Gasteiger partial charge in [0.1, 0.15) is 5.60 Å². The van der Waals surface area contributed by atoms with Gasteiger partial charge in [-0.25, -0.2) is 4.79 Å². The van der Waals surface area contributed by atoms with E-state index in [4.69, 9.17) is 4.74 Å². The molecule has 1 N–H and O–H groups in total. The maximum absolute atomic E-state index is 13.0. The Morgan fingerprint density at radius 3 is 2.42 bits per heavy atom. The highest BCUT2D eigenvalue weighted by Gasteiger charge is 2.33. The molecule has 0 spiro atoms. The van der Waals surface area contributed by atoms with Gasteiger partial charge in [-0.2, -0.15) is 0 Å². The molecule has 1 aromatic carbocycles. The van der Waals surface area contributed by atoms with Gasteiger partial charge in [-0.15, -0.1) is 0 Å². The van der Waals surface area contributed by atoms with Crippen LogP contribution in [0.4, 0.5) is 5.69 Å². The molecule has 0 heterocycles. The summed E-state index contributed by atoms with van der Waals surface area (Å²) in [4.78, 5) is 25.7. The zero-order valence-corrected chi connectivity index (χ0v) is 16.6. The lowest BCUT2D eigenvalue weighted by Crippen LogP contribution is -2.43. The van der Waals surface area contributed by atoms with Crippen LogP contribution >= 0.6 is 0 Å². The van der Waals surface area contributed by atoms with Gasteiger partial charge in [0.05, 0.1) is 0 Å². The van der Waals surface area contributed by atoms with Crippen LogP contribution in [0.5, 0.6) is 0 Å². The first-order chi connectivity index (χ1) is 12.3. The van der Waals surface area contributed by atoms with Crippen molar-refractivity contribution in [3.05, 3.63) is 29.8 Å². The predicted octanol–water partition coefficient (Wildman–Crippen LogP) is 4.91. The number of hydrogen-bond acceptors (Lipinski definition) is 4. The van der Waals surface area contributed by atoms with Gasteiger partial charge in [0.25, 0.3) is 0 Å². The number of carbonyl (C=O) groups excluding carboxylic acids is 2. The first-order valence-electron chi connectivity index (χ1n) is 9.90. The van der Waals surface area contributed by atoms with E-state index in [1.807, 2.05) is 45.0 Å². The van der Waals surface area contributed by atoms with Crippen molar-refractivity contribution in [3.63, 3.8) is 0 Å². The molecule has 1 saturated carbocycles. The Morgan fingerprint density at radius 1 is 1.15 bits per heavy atom. The summed E-state index contributed by atoms with van der Waals surface area (Å²) in [7, 11) is 0. The number of Topliss-reactive ketones (excluding diaryl/α,β-unsaturated/α-hetero) is 1. The third-order valence-corrected chi connectivity index (χ3v) is 4.88. The van der Waals surface area contributed by atoms with Crippen molar-refractivity contribution in [1.82, 2.24) is 0 Å². The molecule has 26 heavy (non-hydrogen) atoms. The van der Waals surface area contributed by atoms with Gasteiger partial charge in [0, 0.05) is 12.1 Å². The summed E-state index contributed by atoms with van der Waals surface area (Å²) >= 11 is 0. The molecule has 0 bridgehead atoms. The summed E-state index contributed by atoms with van der Waals surface area (Å²) in [5.74, 6) is -0.148. The van der Waals surface area contributed by atoms with Crippen molar-refractivity contribution >= 4 is 17.4 Å². The van der Waals surface area contributed by atoms with Crippen molar-refractivity contribution < 1.29 is 14.3 Å². The van der Waals surface area contributed by atoms with Gasteiger partial charge < -0.3 is 10.1 Å². The van der Waals surface area contributed by atoms with E-state index in [0.717, 1.165) is 30.5 Å². The fraction of sp³-hybridized carbons (Fsp3) is 0.636. The van der Waals surface area contributed by atoms with Crippen LogP contribution in [0, 0.1) is 5.92 Å². The largest absolute Gasteiger partial charge is 0.458 e. The van der Waals surface area contributed by atoms with Gasteiger partial charge in [-0.05, 0) is 44.7 Å². The number of esters is 1. The molecule has 1 atom stereocenters. The molecule has 1 fully saturated rings. The number of nitrogens with one attached hydrogen (secondary N) is 1. The maximum Gasteiger partial charge on any atom is 0.336 e. The number of ether oxygens (including phenoxy) is 1. The van der Waals surface area contributed by atoms with Crippen molar-refractivity contribution in [2.75, 3.05) is 5.32 Å². The predicted molar refractivity (Wildman–Crippen MR) is 105 cm³/mol. The van der Waals surface area contributed by atoms with Crippen molar-refractivity contribution in [2.45, 2.75) is 84.3 Å². The standard InChI is InChI=1S/C22H33NO3/c1-5-17-13-9-10-14-18(17)23-20(21(25)26-22(2,3)4)19(24)15-16-11-7-6-8-12-16/h9-10,13-14,16,20,23H,5-8,11-12,15H2,1-4H3. The van der Waals surface area contributed by atoms with Gasteiger partial charge in [0.2, 0.25) is 0 Å². The molecule has 2 rings (SSSR count). The van der Waals surface area contributed by atoms with E-state index < -0.39 is 17.6 Å². The third kappa shape index (κ3) is 6.15. The summed E-state index contributed by atoms with van der Waals surface area (Å²) < 4.78 is 5.53. The SMILES string of the molecule is CCc1ccccc1NC(C(=O)CC1CCCCC1)C(=O)OC(C)(C)C. The minimum absolute atomic E-state index is 0.0583. The zero-order chi connectivity index (χ0) is 19.2. The Balaban J connectivity index is 2.17. The number of benzene rings is 1. The van der Waals surface area contributed by atoms with Crippen LogP contribution in [0.2, 0.25) is 0 Å². The monoisotopic (exact) mass is 359 g/mol. The number of carbonyl (C=O) groups is 2. The summed E-state index contributed by atoms with van der Waals surface area (Å²) in [6.07, 6.45) is 7.06. The lowest BCUT2D eigenvalue weighted by atomic mass is 9.84. The molecular weight excluding hydrogens is 326 g/mol. The Hall–Kier alpha value is -1.84. The lowest BCUT2D eigenvalue weighted by Gasteiger charge is -2.27. The van der Waals surface area contributed by atoms with Crippen LogP contribution in [-0.4, -0.2) is 23.4 Å². The van der Waals surface area contributed by atoms with Crippen LogP contribution in [0.15, 0.2) is 24.3 Å². The van der Waals surface area contributed by atoms with Crippen molar-refractivity contribution in [3.8, 4) is 0 Å². The highest BCUT2D eigenvalue weighted by Crippen LogP contribution is 2.28. The molecule has 144 valence electrons. The van der Waals surface area contributed by atoms with Crippen molar-refractivity contribution in [2.24, 2.45) is 5.92 Å². The quantitative estimate of drug-likeness (QED) is 0.555. The Labute approximate surface area is 157 Å². The number of aryl methyl sites for hydroxylation is 1. The summed E-state index contributed by atoms with van der Waals surface area (Å²) in [5.41, 5.74) is 1.31. The van der Waals surface area contributed by atoms with E-state index >= 15 is 0 Å². The molecule has 4 heteroatoms. The van der Waals surface area contributed by atoms with Gasteiger partial charge in [0.15, 0.2) is 11.8 Å². The van der Waals surface area contributed by atoms with E-state index in [-0.39, 0.29) is 5.78 Å². The molecule has 1 aromatic rings. The first-order valence-corrected chi connectivity index (χ1v) is 9.90. The van der Waals surface area contributed by atoms with Crippen LogP contribution in [0.25, 0.3) is 0 Å². The molecule has 1 unspecified atom stereocenters. The molecular formula is C22H33NO3. The minimum Gasteiger partial charge on any atom is -0.458 e. The summed E-state index contributed by atoms with van der Waals surface area (Å²) in [6.45, 7) is 7.54. The molecule has 4 nitrogen and oxygen atoms in total. The second kappa shape index (κ2) is 9.20. The zero-order valence-electron chi connectivity index (χ0n) is 16.6. The first kappa shape index (κ1) is 20.5. The molecule has 0 radical (unpaired) electrons. The lowest BCUT2D eigenvalue weighted by molar-refractivity contribution is -0.157. The minimum atomic E-state index is -0.941. The van der Waals surface area contributed by atoms with E-state index in [1.165, 1.54) is 19.3 Å². The third-order valence-electron chi connectivity index (χ3n) is 4.88. The number of anilines is 1. The average Bonchev–Trinajstić information content (AvgIpc) is 2.59. The number of hydrogen-bond donors (Lipinski definition) is 1. The molecule has 1 aliphatic carbocycles. The van der Waals surface area contributed by atoms with E-state index in [1.54, 1.807) is 0 Å². The average molecular weight is 360 g/mol. The highest BCUT2D eigenvalue weighted by molar-refractivity contribution is 6.06. The second-order valence-electron chi connectivity index (χ2n) is 8.30. The Morgan fingerprint density at radius 2 is 1.81 bits per heavy atom. The fourth-order valence-electron chi connectivity index (χ4n) is 3.55. The molecule has 0 saturated heterocycles. The van der Waals surface area contributed by atoms with Crippen LogP contribution in [0.3, 0.4) is 0 Å². The van der Waals surface area contributed by atoms with Crippen LogP contribution < -0.4 is 5.32 Å². The molecule has 0 aromatic heterocycles. The van der Waals surface area contributed by atoms with Gasteiger partial charge >= 0.3 is 5.97 Å². The van der Waals surface area contributed by atoms with Gasteiger partial charge in [-0.1, -0.05) is 57.2 Å². The van der Waals surface area contributed by atoms with Gasteiger partial charge in [-0.3, -0.25) is 4.79 Å². The second-order valence-corrected chi connectivity index (χ2v) is 8.30. The van der Waals surface area contributed by atoms with Crippen LogP contribution in [-0.2, 0) is 20.7 Å². The van der Waals surface area contributed by atoms with Crippen molar-refractivity contribution in [1.29, 1.82) is 0 Å². The number of para-hydroxylation sites is 1. The number of rotatable bonds is 7. The summed E-state index contributed by atoms with van der Waals surface area (Å²) in [6, 6.07) is 6.88. The molecule has 1 aliphatic rings. The Kier molecular flexibility index (Phi) is 7.24. The van der Waals surface area contributed by atoms with E-state index in [0.29, 0.717) is 12.3 Å². The van der Waals surface area contributed by atoms with Crippen LogP contribution in [0.1, 0.15) is 71.8 Å².